The smallest absolute Gasteiger partial charge is 0.470 e. The van der Waals surface area contributed by atoms with Gasteiger partial charge in [0.1, 0.15) is 11.9 Å². The number of nitrogens with one attached hydrogen (secondary N) is 1. The Morgan fingerprint density at radius 2 is 1.81 bits per heavy atom. The molecule has 1 aliphatic rings. The number of amides is 1. The number of pyridine rings is 2. The number of carbonyl (C=O) groups is 1. The minimum Gasteiger partial charge on any atom is -0.470 e. The molecule has 1 aliphatic heterocycles. The number of carbonyl (C=O) groups excluding carboxylic acids is 1. The van der Waals surface area contributed by atoms with Crippen molar-refractivity contribution in [1.82, 2.24) is 19.9 Å². The van der Waals surface area contributed by atoms with Gasteiger partial charge >= 0.3 is 23.5 Å². The van der Waals surface area contributed by atoms with Crippen molar-refractivity contribution in [2.24, 2.45) is 0 Å². The highest BCUT2D eigenvalue weighted by Crippen LogP contribution is 2.66. The van der Waals surface area contributed by atoms with Crippen molar-refractivity contribution >= 4 is 58.1 Å². The highest BCUT2D eigenvalue weighted by Gasteiger charge is 2.42. The number of fused-ring (bicyclic) bond motifs is 1. The largest absolute Gasteiger partial charge is 0.490 e. The predicted molar refractivity (Wildman–Crippen MR) is 149 cm³/mol. The zero-order valence-electron chi connectivity index (χ0n) is 21.8. The van der Waals surface area contributed by atoms with Gasteiger partial charge in [-0.25, -0.2) is 18.7 Å². The number of nitrogen functional groups attached to an aromatic ring is 1. The first-order chi connectivity index (χ1) is 20.1. The van der Waals surface area contributed by atoms with E-state index in [1.165, 1.54) is 29.0 Å². The summed E-state index contributed by atoms with van der Waals surface area (Å²) < 4.78 is 53.3. The number of hydrogen-bond acceptors (Lipinski definition) is 12. The van der Waals surface area contributed by atoms with Crippen LogP contribution in [0.15, 0.2) is 55.1 Å². The van der Waals surface area contributed by atoms with Gasteiger partial charge in [0.25, 0.3) is 0 Å². The van der Waals surface area contributed by atoms with E-state index in [9.17, 15) is 33.4 Å². The Bertz CT molecular complexity index is 1690. The number of aliphatic hydroxyl groups is 1. The van der Waals surface area contributed by atoms with Gasteiger partial charge in [0.2, 0.25) is 5.91 Å². The minimum atomic E-state index is -5.71. The molecule has 0 saturated heterocycles. The minimum absolute atomic E-state index is 0.0319. The lowest BCUT2D eigenvalue weighted by Gasteiger charge is -2.19. The lowest BCUT2D eigenvalue weighted by atomic mass is 10.2. The van der Waals surface area contributed by atoms with E-state index in [1.807, 2.05) is 12.1 Å². The zero-order valence-corrected chi connectivity index (χ0v) is 24.5. The zero-order chi connectivity index (χ0) is 31.4. The number of phosphoric ester groups is 1. The van der Waals surface area contributed by atoms with Gasteiger partial charge in [-0.3, -0.25) is 18.9 Å². The third-order valence-corrected chi connectivity index (χ3v) is 9.48. The van der Waals surface area contributed by atoms with E-state index in [0.717, 1.165) is 5.56 Å². The van der Waals surface area contributed by atoms with Crippen molar-refractivity contribution in [3.05, 3.63) is 66.3 Å². The Morgan fingerprint density at radius 1 is 1.09 bits per heavy atom. The summed E-state index contributed by atoms with van der Waals surface area (Å²) in [5.41, 5.74) is 8.04. The van der Waals surface area contributed by atoms with Gasteiger partial charge in [0.05, 0.1) is 12.1 Å². The van der Waals surface area contributed by atoms with E-state index in [0.29, 0.717) is 29.4 Å². The normalized spacial score (nSPS) is 20.0. The van der Waals surface area contributed by atoms with E-state index in [2.05, 4.69) is 28.4 Å². The monoisotopic (exact) mass is 661 g/mol. The molecule has 21 heteroatoms. The molecule has 0 spiro atoms. The SMILES string of the molecule is Nc1nccc2c1c(/C=C/C(=O)NCCc1ccncc1)cn2C1=CC(O)C(COP(=O)(O)OP(=O)(O)OP(=O)(O)O)O1. The molecule has 8 N–H and O–H groups in total. The fourth-order valence-electron chi connectivity index (χ4n) is 3.91. The lowest BCUT2D eigenvalue weighted by Crippen LogP contribution is -2.26. The molecule has 3 aromatic heterocycles. The van der Waals surface area contributed by atoms with Crippen LogP contribution in [0.4, 0.5) is 5.82 Å². The molecule has 0 aromatic carbocycles. The van der Waals surface area contributed by atoms with Crippen LogP contribution in [0.5, 0.6) is 0 Å². The number of nitrogens with zero attached hydrogens (tertiary/aromatic N) is 3. The third kappa shape index (κ3) is 9.13. The number of anilines is 1. The van der Waals surface area contributed by atoms with Crippen molar-refractivity contribution in [2.75, 3.05) is 18.9 Å². The predicted octanol–water partition coefficient (Wildman–Crippen LogP) is 1.29. The van der Waals surface area contributed by atoms with E-state index < -0.39 is 42.3 Å². The van der Waals surface area contributed by atoms with Gasteiger partial charge in [-0.05, 0) is 36.3 Å². The van der Waals surface area contributed by atoms with Crippen LogP contribution in [0, 0.1) is 0 Å². The van der Waals surface area contributed by atoms with Crippen molar-refractivity contribution < 1.29 is 61.1 Å². The molecule has 0 aliphatic carbocycles. The topological polar surface area (TPSA) is 275 Å². The van der Waals surface area contributed by atoms with Gasteiger partial charge in [-0.15, -0.1) is 0 Å². The molecular weight excluding hydrogens is 635 g/mol. The maximum atomic E-state index is 12.4. The van der Waals surface area contributed by atoms with Crippen LogP contribution in [0.3, 0.4) is 0 Å². The Morgan fingerprint density at radius 3 is 2.51 bits per heavy atom. The summed E-state index contributed by atoms with van der Waals surface area (Å²) in [4.78, 5) is 56.6. The summed E-state index contributed by atoms with van der Waals surface area (Å²) in [5, 5.41) is 13.7. The molecule has 3 aromatic rings. The Hall–Kier alpha value is -3.24. The van der Waals surface area contributed by atoms with Gasteiger partial charge in [-0.2, -0.15) is 8.62 Å². The van der Waals surface area contributed by atoms with Gasteiger partial charge in [0.15, 0.2) is 12.0 Å². The number of ether oxygens (including phenoxy) is 1. The molecule has 232 valence electrons. The molecule has 0 saturated carbocycles. The standard InChI is InChI=1S/C22H26N5O13P3/c23-22-21-15(1-2-19(29)25-9-5-14-3-7-24-8-4-14)12-27(16(21)6-10-26-22)20-11-17(28)18(38-20)13-37-42(33,34)40-43(35,36)39-41(30,31)32/h1-4,6-8,10-12,17-18,28H,5,9,13H2,(H2,23,26)(H,25,29)(H,33,34)(H,35,36)(H2,30,31,32)/b2-1+. The second-order valence-corrected chi connectivity index (χ2v) is 13.2. The van der Waals surface area contributed by atoms with E-state index in [4.69, 9.17) is 20.3 Å². The van der Waals surface area contributed by atoms with E-state index in [-0.39, 0.29) is 17.6 Å². The van der Waals surface area contributed by atoms with Crippen molar-refractivity contribution in [2.45, 2.75) is 18.6 Å². The van der Waals surface area contributed by atoms with Gasteiger partial charge in [-0.1, -0.05) is 0 Å². The number of nitrogens with two attached hydrogens (primary N) is 1. The molecule has 4 atom stereocenters. The summed E-state index contributed by atoms with van der Waals surface area (Å²) in [6.45, 7) is -0.487. The highest BCUT2D eigenvalue weighted by atomic mass is 31.3. The molecule has 0 fully saturated rings. The second kappa shape index (κ2) is 13.2. The molecule has 43 heavy (non-hydrogen) atoms. The van der Waals surface area contributed by atoms with Crippen LogP contribution in [0.25, 0.3) is 22.9 Å². The second-order valence-electron chi connectivity index (χ2n) is 8.81. The number of aliphatic hydroxyl groups excluding tert-OH is 1. The number of phosphoric acid groups is 3. The quantitative estimate of drug-likeness (QED) is 0.100. The van der Waals surface area contributed by atoms with Crippen LogP contribution in [0.2, 0.25) is 0 Å². The molecule has 0 bridgehead atoms. The maximum Gasteiger partial charge on any atom is 0.490 e. The third-order valence-electron chi connectivity index (χ3n) is 5.67. The summed E-state index contributed by atoms with van der Waals surface area (Å²) in [5.74, 6) is -0.197. The maximum absolute atomic E-state index is 12.4. The molecule has 18 nitrogen and oxygen atoms in total. The van der Waals surface area contributed by atoms with Crippen LogP contribution >= 0.6 is 23.5 Å². The molecule has 1 amide bonds. The summed E-state index contributed by atoms with van der Waals surface area (Å²) in [6.07, 6.45) is 8.21. The van der Waals surface area contributed by atoms with Crippen molar-refractivity contribution in [3.8, 4) is 0 Å². The highest BCUT2D eigenvalue weighted by molar-refractivity contribution is 7.66. The molecule has 4 unspecified atom stereocenters. The van der Waals surface area contributed by atoms with E-state index in [1.54, 1.807) is 24.7 Å². The number of hydrogen-bond donors (Lipinski definition) is 7. The van der Waals surface area contributed by atoms with E-state index >= 15 is 0 Å². The molecule has 4 heterocycles. The fraction of sp³-hybridized carbons (Fsp3) is 0.227. The summed E-state index contributed by atoms with van der Waals surface area (Å²) in [7, 11) is -16.7. The Labute approximate surface area is 242 Å². The average molecular weight is 661 g/mol. The fourth-order valence-corrected chi connectivity index (χ4v) is 6.94. The first kappa shape index (κ1) is 32.7. The summed E-state index contributed by atoms with van der Waals surface area (Å²) >= 11 is 0. The number of aromatic nitrogens is 3. The van der Waals surface area contributed by atoms with Crippen LogP contribution in [-0.4, -0.2) is 70.5 Å². The van der Waals surface area contributed by atoms with Crippen LogP contribution in [-0.2, 0) is 42.8 Å². The van der Waals surface area contributed by atoms with Crippen molar-refractivity contribution in [1.29, 1.82) is 0 Å². The van der Waals surface area contributed by atoms with Gasteiger partial charge < -0.3 is 40.5 Å². The Balaban J connectivity index is 1.43. The van der Waals surface area contributed by atoms with Gasteiger partial charge in [0, 0.05) is 54.4 Å². The summed E-state index contributed by atoms with van der Waals surface area (Å²) in [6, 6.07) is 5.27. The average Bonchev–Trinajstić information content (AvgIpc) is 3.45. The Kier molecular flexibility index (Phi) is 10.0. The molecule has 0 radical (unpaired) electrons. The molecular formula is C22H26N5O13P3. The van der Waals surface area contributed by atoms with Crippen LogP contribution in [0.1, 0.15) is 11.1 Å². The number of rotatable bonds is 13. The van der Waals surface area contributed by atoms with Crippen LogP contribution < -0.4 is 11.1 Å². The molecule has 4 rings (SSSR count). The lowest BCUT2D eigenvalue weighted by molar-refractivity contribution is -0.116. The van der Waals surface area contributed by atoms with Crippen molar-refractivity contribution in [3.63, 3.8) is 0 Å². The first-order valence-corrected chi connectivity index (χ1v) is 16.6. The first-order valence-electron chi connectivity index (χ1n) is 12.1.